The summed E-state index contributed by atoms with van der Waals surface area (Å²) in [5, 5.41) is 13.4. The largest absolute Gasteiger partial charge is 0.457 e. The van der Waals surface area contributed by atoms with Gasteiger partial charge in [-0.1, -0.05) is 48.5 Å². The summed E-state index contributed by atoms with van der Waals surface area (Å²) in [6, 6.07) is 24.9. The molecule has 7 heteroatoms. The van der Waals surface area contributed by atoms with Gasteiger partial charge in [-0.15, -0.1) is 11.3 Å². The second-order valence-corrected chi connectivity index (χ2v) is 9.51. The van der Waals surface area contributed by atoms with E-state index in [-0.39, 0.29) is 5.91 Å². The monoisotopic (exact) mass is 485 g/mol. The van der Waals surface area contributed by atoms with E-state index in [0.29, 0.717) is 25.3 Å². The first-order chi connectivity index (χ1) is 17.1. The average molecular weight is 486 g/mol. The standard InChI is InChI=1S/C28H27N3O3S/c1-19-27(35-18-30-19)21-12-10-20(11-13-21)16-29-28(33)26-15-23(32)17-31(26)22-6-5-9-25(14-22)34-24-7-3-2-4-8-24/h2-14,18,23,26,32H,15-17H2,1H3,(H,29,33)/t23-,26+/m1/s1. The minimum absolute atomic E-state index is 0.0988. The molecule has 0 unspecified atom stereocenters. The van der Waals surface area contributed by atoms with Crippen molar-refractivity contribution in [3.63, 3.8) is 0 Å². The number of anilines is 1. The molecule has 5 rings (SSSR count). The number of thiazole rings is 1. The molecule has 4 aromatic rings. The van der Waals surface area contributed by atoms with Crippen molar-refractivity contribution in [3.8, 4) is 21.9 Å². The Morgan fingerprint density at radius 2 is 1.86 bits per heavy atom. The van der Waals surface area contributed by atoms with E-state index < -0.39 is 12.1 Å². The minimum atomic E-state index is -0.564. The number of hydrogen-bond acceptors (Lipinski definition) is 6. The van der Waals surface area contributed by atoms with Gasteiger partial charge in [0.05, 0.1) is 22.2 Å². The van der Waals surface area contributed by atoms with Crippen LogP contribution >= 0.6 is 11.3 Å². The average Bonchev–Trinajstić information content (AvgIpc) is 3.49. The molecule has 2 heterocycles. The summed E-state index contributed by atoms with van der Waals surface area (Å²) in [5.74, 6) is 1.33. The highest BCUT2D eigenvalue weighted by molar-refractivity contribution is 7.13. The van der Waals surface area contributed by atoms with Crippen LogP contribution in [-0.2, 0) is 11.3 Å². The quantitative estimate of drug-likeness (QED) is 0.378. The van der Waals surface area contributed by atoms with Gasteiger partial charge in [-0.3, -0.25) is 4.79 Å². The third kappa shape index (κ3) is 5.37. The van der Waals surface area contributed by atoms with Gasteiger partial charge in [0.25, 0.3) is 0 Å². The number of β-amino-alcohol motifs (C(OH)–C–C–N with tert-alkyl or cyclic N) is 1. The van der Waals surface area contributed by atoms with Gasteiger partial charge >= 0.3 is 0 Å². The molecule has 0 bridgehead atoms. The molecule has 2 atom stereocenters. The van der Waals surface area contributed by atoms with Gasteiger partial charge < -0.3 is 20.1 Å². The van der Waals surface area contributed by atoms with Crippen LogP contribution in [0, 0.1) is 6.92 Å². The molecule has 1 aromatic heterocycles. The molecule has 1 amide bonds. The lowest BCUT2D eigenvalue weighted by atomic mass is 10.1. The van der Waals surface area contributed by atoms with Crippen LogP contribution in [0.4, 0.5) is 5.69 Å². The summed E-state index contributed by atoms with van der Waals surface area (Å²) in [7, 11) is 0. The van der Waals surface area contributed by atoms with Crippen LogP contribution in [0.2, 0.25) is 0 Å². The summed E-state index contributed by atoms with van der Waals surface area (Å²) < 4.78 is 5.96. The normalized spacial score (nSPS) is 17.4. The van der Waals surface area contributed by atoms with Crippen LogP contribution in [0.3, 0.4) is 0 Å². The van der Waals surface area contributed by atoms with Crippen molar-refractivity contribution in [2.45, 2.75) is 32.0 Å². The molecule has 0 radical (unpaired) electrons. The Hall–Kier alpha value is -3.68. The maximum Gasteiger partial charge on any atom is 0.243 e. The molecule has 0 aliphatic carbocycles. The predicted molar refractivity (Wildman–Crippen MR) is 139 cm³/mol. The number of carbonyl (C=O) groups excluding carboxylic acids is 1. The summed E-state index contributed by atoms with van der Waals surface area (Å²) >= 11 is 1.62. The lowest BCUT2D eigenvalue weighted by Crippen LogP contribution is -2.43. The summed E-state index contributed by atoms with van der Waals surface area (Å²) in [6.07, 6.45) is -0.175. The Morgan fingerprint density at radius 3 is 2.60 bits per heavy atom. The van der Waals surface area contributed by atoms with Crippen molar-refractivity contribution in [2.24, 2.45) is 0 Å². The number of benzene rings is 3. The number of aryl methyl sites for hydroxylation is 1. The second-order valence-electron chi connectivity index (χ2n) is 8.65. The maximum atomic E-state index is 13.1. The number of para-hydroxylation sites is 1. The zero-order valence-electron chi connectivity index (χ0n) is 19.4. The van der Waals surface area contributed by atoms with Gasteiger partial charge in [-0.25, -0.2) is 4.98 Å². The molecule has 1 saturated heterocycles. The van der Waals surface area contributed by atoms with Crippen LogP contribution < -0.4 is 15.0 Å². The molecule has 1 fully saturated rings. The van der Waals surface area contributed by atoms with Crippen molar-refractivity contribution in [1.82, 2.24) is 10.3 Å². The molecule has 1 aliphatic heterocycles. The van der Waals surface area contributed by atoms with Gasteiger partial charge in [0, 0.05) is 31.3 Å². The van der Waals surface area contributed by atoms with Gasteiger partial charge in [-0.05, 0) is 42.3 Å². The molecular formula is C28H27N3O3S. The van der Waals surface area contributed by atoms with Crippen molar-refractivity contribution >= 4 is 22.9 Å². The van der Waals surface area contributed by atoms with E-state index in [4.69, 9.17) is 4.74 Å². The van der Waals surface area contributed by atoms with Crippen LogP contribution in [0.25, 0.3) is 10.4 Å². The fourth-order valence-electron chi connectivity index (χ4n) is 4.36. The number of aliphatic hydroxyl groups is 1. The lowest BCUT2D eigenvalue weighted by molar-refractivity contribution is -0.122. The predicted octanol–water partition coefficient (Wildman–Crippen LogP) is 5.17. The zero-order valence-corrected chi connectivity index (χ0v) is 20.2. The van der Waals surface area contributed by atoms with E-state index in [0.717, 1.165) is 33.1 Å². The second kappa shape index (κ2) is 10.3. The van der Waals surface area contributed by atoms with E-state index in [1.165, 1.54) is 0 Å². The van der Waals surface area contributed by atoms with Gasteiger partial charge in [0.15, 0.2) is 0 Å². The number of hydrogen-bond donors (Lipinski definition) is 2. The minimum Gasteiger partial charge on any atom is -0.457 e. The number of rotatable bonds is 7. The topological polar surface area (TPSA) is 74.7 Å². The lowest BCUT2D eigenvalue weighted by Gasteiger charge is -2.26. The fourth-order valence-corrected chi connectivity index (χ4v) is 5.17. The van der Waals surface area contributed by atoms with Crippen LogP contribution in [-0.4, -0.2) is 34.7 Å². The smallest absolute Gasteiger partial charge is 0.243 e. The third-order valence-electron chi connectivity index (χ3n) is 6.14. The third-order valence-corrected chi connectivity index (χ3v) is 7.12. The van der Waals surface area contributed by atoms with Gasteiger partial charge in [0.2, 0.25) is 5.91 Å². The number of ether oxygens (including phenoxy) is 1. The number of nitrogens with zero attached hydrogens (tertiary/aromatic N) is 2. The SMILES string of the molecule is Cc1ncsc1-c1ccc(CNC(=O)[C@@H]2C[C@@H](O)CN2c2cccc(Oc3ccccc3)c2)cc1. The van der Waals surface area contributed by atoms with E-state index >= 15 is 0 Å². The van der Waals surface area contributed by atoms with E-state index in [9.17, 15) is 9.90 Å². The number of aromatic nitrogens is 1. The fraction of sp³-hybridized carbons (Fsp3) is 0.214. The molecule has 2 N–H and O–H groups in total. The highest BCUT2D eigenvalue weighted by Gasteiger charge is 2.36. The molecule has 3 aromatic carbocycles. The number of nitrogens with one attached hydrogen (secondary N) is 1. The molecule has 1 aliphatic rings. The van der Waals surface area contributed by atoms with Crippen molar-refractivity contribution in [1.29, 1.82) is 0 Å². The molecular weight excluding hydrogens is 458 g/mol. The zero-order chi connectivity index (χ0) is 24.2. The first-order valence-electron chi connectivity index (χ1n) is 11.6. The molecule has 178 valence electrons. The highest BCUT2D eigenvalue weighted by Crippen LogP contribution is 2.31. The first kappa shape index (κ1) is 23.1. The van der Waals surface area contributed by atoms with Gasteiger partial charge in [0.1, 0.15) is 17.5 Å². The van der Waals surface area contributed by atoms with Crippen molar-refractivity contribution < 1.29 is 14.6 Å². The first-order valence-corrected chi connectivity index (χ1v) is 12.5. The molecule has 35 heavy (non-hydrogen) atoms. The number of aliphatic hydroxyl groups excluding tert-OH is 1. The number of amides is 1. The summed E-state index contributed by atoms with van der Waals surface area (Å²) in [4.78, 5) is 20.5. The molecule has 0 saturated carbocycles. The highest BCUT2D eigenvalue weighted by atomic mass is 32.1. The Balaban J connectivity index is 1.25. The molecule has 6 nitrogen and oxygen atoms in total. The van der Waals surface area contributed by atoms with Crippen LogP contribution in [0.5, 0.6) is 11.5 Å². The number of carbonyl (C=O) groups is 1. The maximum absolute atomic E-state index is 13.1. The Morgan fingerprint density at radius 1 is 1.09 bits per heavy atom. The van der Waals surface area contributed by atoms with E-state index in [1.807, 2.05) is 84.1 Å². The Bertz CT molecular complexity index is 1290. The Labute approximate surface area is 208 Å². The Kier molecular flexibility index (Phi) is 6.79. The molecule has 0 spiro atoms. The van der Waals surface area contributed by atoms with Crippen LogP contribution in [0.1, 0.15) is 17.7 Å². The van der Waals surface area contributed by atoms with E-state index in [1.54, 1.807) is 11.3 Å². The summed E-state index contributed by atoms with van der Waals surface area (Å²) in [5.41, 5.74) is 5.87. The van der Waals surface area contributed by atoms with E-state index in [2.05, 4.69) is 22.4 Å². The van der Waals surface area contributed by atoms with Crippen molar-refractivity contribution in [3.05, 3.63) is 95.6 Å². The van der Waals surface area contributed by atoms with Crippen LogP contribution in [0.15, 0.2) is 84.4 Å². The van der Waals surface area contributed by atoms with Gasteiger partial charge in [-0.2, -0.15) is 0 Å². The summed E-state index contributed by atoms with van der Waals surface area (Å²) in [6.45, 7) is 2.83. The van der Waals surface area contributed by atoms with Crippen molar-refractivity contribution in [2.75, 3.05) is 11.4 Å².